The molecule has 2 heteroatoms. The standard InChI is InChI=1S/C25H26N2/c1-27(19-20-10-3-2-4-11-20)17-9-16-25-23-14-7-5-12-21(23)18-22-13-6-8-15-24(22)26-25/h2-8,10-15H,9,16-19H2,1H3. The van der Waals surface area contributed by atoms with E-state index in [1.54, 1.807) is 0 Å². The Kier molecular flexibility index (Phi) is 5.45. The zero-order valence-electron chi connectivity index (χ0n) is 15.9. The van der Waals surface area contributed by atoms with Crippen LogP contribution in [0.25, 0.3) is 0 Å². The summed E-state index contributed by atoms with van der Waals surface area (Å²) >= 11 is 0. The van der Waals surface area contributed by atoms with Crippen LogP contribution in [-0.2, 0) is 13.0 Å². The minimum Gasteiger partial charge on any atom is -0.302 e. The van der Waals surface area contributed by atoms with Crippen LogP contribution in [0.15, 0.2) is 83.9 Å². The molecule has 0 unspecified atom stereocenters. The second kappa shape index (κ2) is 8.32. The van der Waals surface area contributed by atoms with Crippen molar-refractivity contribution in [2.24, 2.45) is 4.99 Å². The molecule has 0 saturated carbocycles. The third-order valence-electron chi connectivity index (χ3n) is 5.20. The van der Waals surface area contributed by atoms with E-state index in [0.717, 1.165) is 38.0 Å². The van der Waals surface area contributed by atoms with Crippen molar-refractivity contribution in [2.45, 2.75) is 25.8 Å². The molecular formula is C25H26N2. The molecule has 1 heterocycles. The smallest absolute Gasteiger partial charge is 0.0668 e. The van der Waals surface area contributed by atoms with Gasteiger partial charge in [0, 0.05) is 18.7 Å². The molecule has 0 saturated heterocycles. The molecule has 1 aliphatic rings. The summed E-state index contributed by atoms with van der Waals surface area (Å²) in [5, 5.41) is 0. The summed E-state index contributed by atoms with van der Waals surface area (Å²) in [6.07, 6.45) is 3.08. The van der Waals surface area contributed by atoms with Gasteiger partial charge in [-0.15, -0.1) is 0 Å². The predicted molar refractivity (Wildman–Crippen MR) is 114 cm³/mol. The van der Waals surface area contributed by atoms with E-state index in [-0.39, 0.29) is 0 Å². The Balaban J connectivity index is 1.46. The number of para-hydroxylation sites is 1. The number of hydrogen-bond acceptors (Lipinski definition) is 2. The Labute approximate surface area is 162 Å². The third-order valence-corrected chi connectivity index (χ3v) is 5.20. The molecular weight excluding hydrogens is 328 g/mol. The van der Waals surface area contributed by atoms with Crippen LogP contribution in [0.3, 0.4) is 0 Å². The lowest BCUT2D eigenvalue weighted by Crippen LogP contribution is -2.20. The fourth-order valence-corrected chi connectivity index (χ4v) is 3.82. The lowest BCUT2D eigenvalue weighted by atomic mass is 9.96. The second-order valence-electron chi connectivity index (χ2n) is 7.35. The first-order valence-corrected chi connectivity index (χ1v) is 9.76. The van der Waals surface area contributed by atoms with Gasteiger partial charge in [0.05, 0.1) is 5.69 Å². The number of hydrogen-bond donors (Lipinski definition) is 0. The third kappa shape index (κ3) is 4.35. The molecule has 0 aliphatic carbocycles. The van der Waals surface area contributed by atoms with Crippen LogP contribution in [0.4, 0.5) is 5.69 Å². The van der Waals surface area contributed by atoms with Crippen LogP contribution >= 0.6 is 0 Å². The Hall–Kier alpha value is -2.71. The molecule has 0 fully saturated rings. The van der Waals surface area contributed by atoms with Crippen molar-refractivity contribution in [3.8, 4) is 0 Å². The molecule has 4 rings (SSSR count). The lowest BCUT2D eigenvalue weighted by Gasteiger charge is -2.17. The molecule has 0 spiro atoms. The Morgan fingerprint density at radius 3 is 2.37 bits per heavy atom. The molecule has 0 radical (unpaired) electrons. The van der Waals surface area contributed by atoms with E-state index >= 15 is 0 Å². The number of rotatable bonds is 6. The summed E-state index contributed by atoms with van der Waals surface area (Å²) in [7, 11) is 2.20. The SMILES string of the molecule is CN(CCCC1=Nc2ccccc2Cc2ccccc21)Cc1ccccc1. The van der Waals surface area contributed by atoms with Gasteiger partial charge < -0.3 is 4.90 Å². The molecule has 0 atom stereocenters. The average molecular weight is 354 g/mol. The maximum Gasteiger partial charge on any atom is 0.0668 e. The summed E-state index contributed by atoms with van der Waals surface area (Å²) in [6, 6.07) is 28.0. The number of benzene rings is 3. The van der Waals surface area contributed by atoms with Gasteiger partial charge in [-0.05, 0) is 54.8 Å². The van der Waals surface area contributed by atoms with E-state index in [2.05, 4.69) is 90.8 Å². The van der Waals surface area contributed by atoms with Crippen molar-refractivity contribution in [3.63, 3.8) is 0 Å². The van der Waals surface area contributed by atoms with Gasteiger partial charge in [0.1, 0.15) is 0 Å². The van der Waals surface area contributed by atoms with Crippen molar-refractivity contribution in [1.29, 1.82) is 0 Å². The van der Waals surface area contributed by atoms with E-state index in [4.69, 9.17) is 4.99 Å². The predicted octanol–water partition coefficient (Wildman–Crippen LogP) is 5.62. The Morgan fingerprint density at radius 2 is 1.52 bits per heavy atom. The molecule has 136 valence electrons. The summed E-state index contributed by atoms with van der Waals surface area (Å²) in [4.78, 5) is 7.45. The largest absolute Gasteiger partial charge is 0.302 e. The number of fused-ring (bicyclic) bond motifs is 2. The van der Waals surface area contributed by atoms with E-state index in [1.165, 1.54) is 28.0 Å². The van der Waals surface area contributed by atoms with E-state index < -0.39 is 0 Å². The van der Waals surface area contributed by atoms with Gasteiger partial charge in [0.25, 0.3) is 0 Å². The van der Waals surface area contributed by atoms with Crippen LogP contribution in [-0.4, -0.2) is 24.2 Å². The summed E-state index contributed by atoms with van der Waals surface area (Å²) < 4.78 is 0. The molecule has 0 amide bonds. The topological polar surface area (TPSA) is 15.6 Å². The molecule has 0 aromatic heterocycles. The highest BCUT2D eigenvalue weighted by Crippen LogP contribution is 2.29. The van der Waals surface area contributed by atoms with E-state index in [9.17, 15) is 0 Å². The van der Waals surface area contributed by atoms with Gasteiger partial charge in [-0.3, -0.25) is 4.99 Å². The van der Waals surface area contributed by atoms with Gasteiger partial charge in [0.15, 0.2) is 0 Å². The maximum absolute atomic E-state index is 5.06. The average Bonchev–Trinajstić information content (AvgIpc) is 2.85. The highest BCUT2D eigenvalue weighted by atomic mass is 15.1. The Morgan fingerprint density at radius 1 is 0.815 bits per heavy atom. The normalized spacial score (nSPS) is 12.9. The van der Waals surface area contributed by atoms with Crippen molar-refractivity contribution in [1.82, 2.24) is 4.90 Å². The van der Waals surface area contributed by atoms with Crippen molar-refractivity contribution in [2.75, 3.05) is 13.6 Å². The molecule has 2 nitrogen and oxygen atoms in total. The summed E-state index contributed by atoms with van der Waals surface area (Å²) in [5.74, 6) is 0. The summed E-state index contributed by atoms with van der Waals surface area (Å²) in [5.41, 5.74) is 7.75. The van der Waals surface area contributed by atoms with E-state index in [1.807, 2.05) is 0 Å². The van der Waals surface area contributed by atoms with Gasteiger partial charge in [-0.1, -0.05) is 72.8 Å². The molecule has 0 N–H and O–H groups in total. The lowest BCUT2D eigenvalue weighted by molar-refractivity contribution is 0.324. The van der Waals surface area contributed by atoms with Crippen LogP contribution in [0, 0.1) is 0 Å². The van der Waals surface area contributed by atoms with Crippen LogP contribution in [0.5, 0.6) is 0 Å². The zero-order chi connectivity index (χ0) is 18.5. The van der Waals surface area contributed by atoms with Gasteiger partial charge in [-0.25, -0.2) is 0 Å². The monoisotopic (exact) mass is 354 g/mol. The highest BCUT2D eigenvalue weighted by Gasteiger charge is 2.16. The minimum atomic E-state index is 0.966. The molecule has 3 aromatic rings. The highest BCUT2D eigenvalue weighted by molar-refractivity contribution is 6.04. The first kappa shape index (κ1) is 17.7. The fourth-order valence-electron chi connectivity index (χ4n) is 3.82. The molecule has 27 heavy (non-hydrogen) atoms. The quantitative estimate of drug-likeness (QED) is 0.560. The minimum absolute atomic E-state index is 0.966. The second-order valence-corrected chi connectivity index (χ2v) is 7.35. The fraction of sp³-hybridized carbons (Fsp3) is 0.240. The van der Waals surface area contributed by atoms with Gasteiger partial charge >= 0.3 is 0 Å². The van der Waals surface area contributed by atoms with Crippen LogP contribution in [0.1, 0.15) is 35.1 Å². The van der Waals surface area contributed by atoms with Crippen LogP contribution in [0.2, 0.25) is 0 Å². The van der Waals surface area contributed by atoms with Crippen molar-refractivity contribution < 1.29 is 0 Å². The number of aliphatic imine (C=N–C) groups is 1. The number of nitrogens with zero attached hydrogens (tertiary/aromatic N) is 2. The molecule has 0 bridgehead atoms. The van der Waals surface area contributed by atoms with Crippen molar-refractivity contribution in [3.05, 3.63) is 101 Å². The zero-order valence-corrected chi connectivity index (χ0v) is 15.9. The molecule has 3 aromatic carbocycles. The van der Waals surface area contributed by atoms with E-state index in [0.29, 0.717) is 0 Å². The maximum atomic E-state index is 5.06. The van der Waals surface area contributed by atoms with Gasteiger partial charge in [-0.2, -0.15) is 0 Å². The van der Waals surface area contributed by atoms with Crippen molar-refractivity contribution >= 4 is 11.4 Å². The first-order chi connectivity index (χ1) is 13.3. The summed E-state index contributed by atoms with van der Waals surface area (Å²) in [6.45, 7) is 2.06. The Bertz CT molecular complexity index is 928. The van der Waals surface area contributed by atoms with Crippen LogP contribution < -0.4 is 0 Å². The van der Waals surface area contributed by atoms with Gasteiger partial charge in [0.2, 0.25) is 0 Å². The molecule has 1 aliphatic heterocycles. The first-order valence-electron chi connectivity index (χ1n) is 9.76.